The minimum absolute atomic E-state index is 0.931. The van der Waals surface area contributed by atoms with E-state index >= 15 is 0 Å². The second kappa shape index (κ2) is 5.05. The van der Waals surface area contributed by atoms with Gasteiger partial charge in [0.05, 0.1) is 0 Å². The first-order valence-electron chi connectivity index (χ1n) is 6.80. The molecule has 0 atom stereocenters. The van der Waals surface area contributed by atoms with Crippen molar-refractivity contribution in [1.82, 2.24) is 14.5 Å². The van der Waals surface area contributed by atoms with Gasteiger partial charge in [-0.05, 0) is 30.5 Å². The van der Waals surface area contributed by atoms with Crippen LogP contribution in [0.5, 0.6) is 0 Å². The van der Waals surface area contributed by atoms with Crippen molar-refractivity contribution in [2.45, 2.75) is 26.4 Å². The lowest BCUT2D eigenvalue weighted by Crippen LogP contribution is -2.33. The molecule has 0 radical (unpaired) electrons. The predicted octanol–water partition coefficient (Wildman–Crippen LogP) is 1.83. The number of rotatable bonds is 3. The zero-order chi connectivity index (χ0) is 13.2. The van der Waals surface area contributed by atoms with E-state index in [1.165, 1.54) is 11.1 Å². The maximum absolute atomic E-state index is 6.08. The summed E-state index contributed by atoms with van der Waals surface area (Å²) in [6.07, 6.45) is 5.00. The fourth-order valence-electron chi connectivity index (χ4n) is 2.74. The third-order valence-electron chi connectivity index (χ3n) is 3.97. The molecular weight excluding hydrogens is 236 g/mol. The lowest BCUT2D eigenvalue weighted by atomic mass is 9.98. The molecule has 0 spiro atoms. The van der Waals surface area contributed by atoms with Crippen molar-refractivity contribution in [1.29, 1.82) is 0 Å². The third kappa shape index (κ3) is 2.49. The van der Waals surface area contributed by atoms with Gasteiger partial charge < -0.3 is 10.3 Å². The van der Waals surface area contributed by atoms with Crippen LogP contribution in [0.1, 0.15) is 17.0 Å². The summed E-state index contributed by atoms with van der Waals surface area (Å²) in [5, 5.41) is 0. The molecule has 1 aromatic carbocycles. The molecule has 0 saturated carbocycles. The van der Waals surface area contributed by atoms with Gasteiger partial charge in [-0.2, -0.15) is 0 Å². The Morgan fingerprint density at radius 1 is 1.32 bits per heavy atom. The van der Waals surface area contributed by atoms with Gasteiger partial charge in [-0.15, -0.1) is 0 Å². The van der Waals surface area contributed by atoms with Gasteiger partial charge >= 0.3 is 0 Å². The summed E-state index contributed by atoms with van der Waals surface area (Å²) in [6.45, 7) is 6.17. The lowest BCUT2D eigenvalue weighted by molar-refractivity contribution is 0.244. The van der Waals surface area contributed by atoms with Crippen LogP contribution in [0.25, 0.3) is 0 Å². The van der Waals surface area contributed by atoms with Crippen molar-refractivity contribution >= 4 is 5.69 Å². The van der Waals surface area contributed by atoms with Gasteiger partial charge in [0.15, 0.2) is 0 Å². The minimum atomic E-state index is 0.931. The highest BCUT2D eigenvalue weighted by molar-refractivity contribution is 5.51. The van der Waals surface area contributed by atoms with E-state index in [0.717, 1.165) is 44.1 Å². The first kappa shape index (κ1) is 12.2. The molecule has 0 saturated heterocycles. The molecule has 0 unspecified atom stereocenters. The molecule has 0 aliphatic carbocycles. The number of anilines is 1. The van der Waals surface area contributed by atoms with Crippen LogP contribution in [0.4, 0.5) is 5.69 Å². The van der Waals surface area contributed by atoms with E-state index in [1.807, 2.05) is 25.4 Å². The van der Waals surface area contributed by atoms with Crippen molar-refractivity contribution in [3.05, 3.63) is 47.5 Å². The molecule has 4 nitrogen and oxygen atoms in total. The highest BCUT2D eigenvalue weighted by Crippen LogP contribution is 2.24. The number of hydrogen-bond acceptors (Lipinski definition) is 3. The van der Waals surface area contributed by atoms with E-state index < -0.39 is 0 Å². The zero-order valence-electron chi connectivity index (χ0n) is 11.3. The van der Waals surface area contributed by atoms with Gasteiger partial charge in [-0.3, -0.25) is 4.90 Å². The van der Waals surface area contributed by atoms with E-state index in [9.17, 15) is 0 Å². The Morgan fingerprint density at radius 3 is 3.00 bits per heavy atom. The first-order valence-corrected chi connectivity index (χ1v) is 6.80. The summed E-state index contributed by atoms with van der Waals surface area (Å²) in [5.41, 5.74) is 9.74. The molecule has 100 valence electrons. The molecule has 3 rings (SSSR count). The highest BCUT2D eigenvalue weighted by atomic mass is 15.2. The van der Waals surface area contributed by atoms with Gasteiger partial charge in [0, 0.05) is 44.3 Å². The number of nitrogens with two attached hydrogens (primary N) is 1. The molecule has 19 heavy (non-hydrogen) atoms. The van der Waals surface area contributed by atoms with E-state index in [0.29, 0.717) is 0 Å². The van der Waals surface area contributed by atoms with Crippen LogP contribution < -0.4 is 5.73 Å². The van der Waals surface area contributed by atoms with Crippen molar-refractivity contribution in [3.63, 3.8) is 0 Å². The van der Waals surface area contributed by atoms with Gasteiger partial charge in [0.1, 0.15) is 5.82 Å². The summed E-state index contributed by atoms with van der Waals surface area (Å²) in [5.74, 6) is 1.08. The van der Waals surface area contributed by atoms with Crippen LogP contribution in [0, 0.1) is 6.92 Å². The van der Waals surface area contributed by atoms with Crippen molar-refractivity contribution in [2.24, 2.45) is 0 Å². The number of imidazole rings is 1. The largest absolute Gasteiger partial charge is 0.398 e. The maximum atomic E-state index is 6.08. The number of benzene rings is 1. The van der Waals surface area contributed by atoms with Crippen molar-refractivity contribution in [2.75, 3.05) is 18.8 Å². The molecule has 0 bridgehead atoms. The molecule has 2 heterocycles. The topological polar surface area (TPSA) is 47.1 Å². The zero-order valence-corrected chi connectivity index (χ0v) is 11.3. The number of hydrogen-bond donors (Lipinski definition) is 1. The Bertz CT molecular complexity index is 573. The van der Waals surface area contributed by atoms with Gasteiger partial charge in [0.25, 0.3) is 0 Å². The minimum Gasteiger partial charge on any atom is -0.398 e. The number of nitrogens with zero attached hydrogens (tertiary/aromatic N) is 3. The summed E-state index contributed by atoms with van der Waals surface area (Å²) in [7, 11) is 0. The molecule has 1 aliphatic heterocycles. The number of aromatic nitrogens is 2. The molecular formula is C15H20N4. The second-order valence-corrected chi connectivity index (χ2v) is 5.18. The monoisotopic (exact) mass is 256 g/mol. The normalized spacial score (nSPS) is 15.4. The summed E-state index contributed by atoms with van der Waals surface area (Å²) >= 11 is 0. The highest BCUT2D eigenvalue weighted by Gasteiger charge is 2.17. The van der Waals surface area contributed by atoms with Crippen LogP contribution in [0.2, 0.25) is 0 Å². The summed E-state index contributed by atoms with van der Waals surface area (Å²) in [6, 6.07) is 6.25. The molecule has 1 aromatic heterocycles. The van der Waals surface area contributed by atoms with Gasteiger partial charge in [0.2, 0.25) is 0 Å². The predicted molar refractivity (Wildman–Crippen MR) is 76.8 cm³/mol. The van der Waals surface area contributed by atoms with E-state index in [-0.39, 0.29) is 0 Å². The third-order valence-corrected chi connectivity index (χ3v) is 3.97. The van der Waals surface area contributed by atoms with Crippen molar-refractivity contribution in [3.8, 4) is 0 Å². The first-order chi connectivity index (χ1) is 9.24. The average Bonchev–Trinajstić information content (AvgIpc) is 2.83. The van der Waals surface area contributed by atoms with E-state index in [4.69, 9.17) is 5.73 Å². The summed E-state index contributed by atoms with van der Waals surface area (Å²) in [4.78, 5) is 6.73. The average molecular weight is 256 g/mol. The Morgan fingerprint density at radius 2 is 2.21 bits per heavy atom. The Hall–Kier alpha value is -1.81. The van der Waals surface area contributed by atoms with Crippen molar-refractivity contribution < 1.29 is 0 Å². The second-order valence-electron chi connectivity index (χ2n) is 5.18. The maximum Gasteiger partial charge on any atom is 0.105 e. The number of nitrogen functional groups attached to an aromatic ring is 1. The van der Waals surface area contributed by atoms with E-state index in [1.54, 1.807) is 0 Å². The quantitative estimate of drug-likeness (QED) is 0.852. The molecule has 0 amide bonds. The lowest BCUT2D eigenvalue weighted by Gasteiger charge is -2.29. The van der Waals surface area contributed by atoms with Gasteiger partial charge in [-0.25, -0.2) is 4.98 Å². The Kier molecular flexibility index (Phi) is 3.25. The van der Waals surface area contributed by atoms with Crippen LogP contribution in [0.15, 0.2) is 30.6 Å². The smallest absolute Gasteiger partial charge is 0.105 e. The molecule has 1 aliphatic rings. The summed E-state index contributed by atoms with van der Waals surface area (Å²) < 4.78 is 2.20. The molecule has 2 N–H and O–H groups in total. The standard InChI is InChI=1S/C15H20N4/c1-12-17-6-8-19(12)10-9-18-7-5-13-3-2-4-15(16)14(13)11-18/h2-4,6,8H,5,7,9-11,16H2,1H3. The fraction of sp³-hybridized carbons (Fsp3) is 0.400. The molecule has 0 fully saturated rings. The Labute approximate surface area is 113 Å². The molecule has 4 heteroatoms. The SMILES string of the molecule is Cc1nccn1CCN1CCc2cccc(N)c2C1. The van der Waals surface area contributed by atoms with Crippen LogP contribution in [-0.2, 0) is 19.5 Å². The van der Waals surface area contributed by atoms with E-state index in [2.05, 4.69) is 26.6 Å². The number of aryl methyl sites for hydroxylation is 1. The van der Waals surface area contributed by atoms with Crippen LogP contribution >= 0.6 is 0 Å². The molecule has 2 aromatic rings. The number of fused-ring (bicyclic) bond motifs is 1. The Balaban J connectivity index is 1.66. The van der Waals surface area contributed by atoms with Gasteiger partial charge in [-0.1, -0.05) is 12.1 Å². The van der Waals surface area contributed by atoms with Crippen LogP contribution in [0.3, 0.4) is 0 Å². The van der Waals surface area contributed by atoms with Crippen LogP contribution in [-0.4, -0.2) is 27.5 Å². The fourth-order valence-corrected chi connectivity index (χ4v) is 2.74.